The van der Waals surface area contributed by atoms with Crippen LogP contribution in [0, 0.1) is 11.7 Å². The van der Waals surface area contributed by atoms with Crippen molar-refractivity contribution in [2.45, 2.75) is 37.6 Å². The monoisotopic (exact) mass is 535 g/mol. The maximum atomic E-state index is 15.4. The molecule has 0 unspecified atom stereocenters. The van der Waals surface area contributed by atoms with Crippen LogP contribution in [0.15, 0.2) is 30.6 Å². The summed E-state index contributed by atoms with van der Waals surface area (Å²) in [5.41, 5.74) is 0.568. The number of methoxy groups -OCH3 is 1. The summed E-state index contributed by atoms with van der Waals surface area (Å²) in [4.78, 5) is 13.0. The number of fused-ring (bicyclic) bond motifs is 1. The van der Waals surface area contributed by atoms with E-state index in [4.69, 9.17) is 4.74 Å². The number of ether oxygens (including phenoxy) is 1. The van der Waals surface area contributed by atoms with Crippen molar-refractivity contribution in [1.82, 2.24) is 20.3 Å². The number of halogens is 3. The Kier molecular flexibility index (Phi) is 6.73. The highest BCUT2D eigenvalue weighted by Crippen LogP contribution is 2.41. The zero-order valence-electron chi connectivity index (χ0n) is 20.5. The third kappa shape index (κ3) is 4.84. The highest BCUT2D eigenvalue weighted by molar-refractivity contribution is 7.91. The van der Waals surface area contributed by atoms with Gasteiger partial charge in [0.25, 0.3) is 5.92 Å². The summed E-state index contributed by atoms with van der Waals surface area (Å²) in [5.74, 6) is -4.35. The number of nitrogens with one attached hydrogen (secondary N) is 2. The van der Waals surface area contributed by atoms with Gasteiger partial charge in [0, 0.05) is 24.2 Å². The molecule has 0 amide bonds. The number of anilines is 1. The molecule has 2 fully saturated rings. The molecule has 0 radical (unpaired) electrons. The number of aromatic nitrogens is 3. The van der Waals surface area contributed by atoms with Crippen molar-refractivity contribution in [2.75, 3.05) is 37.0 Å². The van der Waals surface area contributed by atoms with Gasteiger partial charge in [-0.3, -0.25) is 0 Å². The molecule has 8 nitrogen and oxygen atoms in total. The molecule has 0 saturated carbocycles. The van der Waals surface area contributed by atoms with Gasteiger partial charge in [0.1, 0.15) is 27.8 Å². The molecule has 4 heterocycles. The van der Waals surface area contributed by atoms with Gasteiger partial charge >= 0.3 is 0 Å². The quantitative estimate of drug-likeness (QED) is 0.469. The number of benzene rings is 1. The first-order valence-electron chi connectivity index (χ1n) is 12.1. The number of rotatable bonds is 7. The second-order valence-electron chi connectivity index (χ2n) is 9.66. The fourth-order valence-electron chi connectivity index (χ4n) is 4.95. The van der Waals surface area contributed by atoms with Crippen molar-refractivity contribution in [3.05, 3.63) is 53.1 Å². The number of sulfone groups is 1. The molecule has 2 aromatic heterocycles. The molecule has 2 aliphatic rings. The molecule has 1 atom stereocenters. The summed E-state index contributed by atoms with van der Waals surface area (Å²) < 4.78 is 74.5. The molecule has 198 valence electrons. The first-order chi connectivity index (χ1) is 17.6. The highest BCUT2D eigenvalue weighted by atomic mass is 32.2. The van der Waals surface area contributed by atoms with Gasteiger partial charge in [0.2, 0.25) is 5.88 Å². The van der Waals surface area contributed by atoms with Crippen molar-refractivity contribution < 1.29 is 26.3 Å². The maximum absolute atomic E-state index is 15.4. The molecule has 2 aliphatic heterocycles. The minimum absolute atomic E-state index is 0.0711. The van der Waals surface area contributed by atoms with E-state index in [2.05, 4.69) is 25.6 Å². The topological polar surface area (TPSA) is 106 Å². The second kappa shape index (κ2) is 9.71. The highest BCUT2D eigenvalue weighted by Gasteiger charge is 2.46. The summed E-state index contributed by atoms with van der Waals surface area (Å²) in [5, 5.41) is 6.49. The Morgan fingerprint density at radius 3 is 2.57 bits per heavy atom. The molecule has 0 bridgehead atoms. The Labute approximate surface area is 213 Å². The Balaban J connectivity index is 1.48. The second-order valence-corrected chi connectivity index (χ2v) is 12.0. The molecule has 37 heavy (non-hydrogen) atoms. The maximum Gasteiger partial charge on any atom is 0.281 e. The fraction of sp³-hybridized carbons (Fsp3) is 0.480. The number of alkyl halides is 2. The normalized spacial score (nSPS) is 19.4. The van der Waals surface area contributed by atoms with Crippen LogP contribution in [0.25, 0.3) is 11.0 Å². The number of hydrogen-bond donors (Lipinski definition) is 2. The average Bonchev–Trinajstić information content (AvgIpc) is 2.82. The van der Waals surface area contributed by atoms with Crippen molar-refractivity contribution in [3.8, 4) is 5.88 Å². The predicted molar refractivity (Wildman–Crippen MR) is 133 cm³/mol. The summed E-state index contributed by atoms with van der Waals surface area (Å²) in [6, 6.07) is 5.18. The average molecular weight is 536 g/mol. The Morgan fingerprint density at radius 2 is 1.92 bits per heavy atom. The lowest BCUT2D eigenvalue weighted by molar-refractivity contribution is -0.0860. The first-order valence-corrected chi connectivity index (χ1v) is 14.0. The van der Waals surface area contributed by atoms with Crippen molar-refractivity contribution in [2.24, 2.45) is 5.92 Å². The van der Waals surface area contributed by atoms with E-state index in [0.29, 0.717) is 35.6 Å². The lowest BCUT2D eigenvalue weighted by Gasteiger charge is -2.35. The Bertz CT molecular complexity index is 1420. The van der Waals surface area contributed by atoms with Crippen molar-refractivity contribution in [1.29, 1.82) is 0 Å². The standard InChI is InChI=1S/C25H28F3N5O3S/c1-14(17-4-3-5-20(21(17)26)25(27,28)16-11-29-12-16)32-22-19-10-18(15-6-8-37(34,35)9-7-15)24(36-2)33-23(19)31-13-30-22/h3-5,10,13-16,29H,6-9,11-12H2,1-2H3,(H,30,31,32,33)/t14-/m1/s1. The smallest absolute Gasteiger partial charge is 0.281 e. The molecule has 0 aliphatic carbocycles. The molecule has 3 aromatic rings. The summed E-state index contributed by atoms with van der Waals surface area (Å²) in [7, 11) is -1.56. The zero-order chi connectivity index (χ0) is 26.4. The number of pyridine rings is 1. The van der Waals surface area contributed by atoms with Gasteiger partial charge in [-0.2, -0.15) is 4.98 Å². The molecular formula is C25H28F3N5O3S. The third-order valence-corrected chi connectivity index (χ3v) is 9.02. The number of hydrogen-bond acceptors (Lipinski definition) is 8. The van der Waals surface area contributed by atoms with Gasteiger partial charge in [-0.1, -0.05) is 18.2 Å². The van der Waals surface area contributed by atoms with Crippen LogP contribution in [-0.2, 0) is 15.8 Å². The number of nitrogens with zero attached hydrogens (tertiary/aromatic N) is 3. The van der Waals surface area contributed by atoms with E-state index in [-0.39, 0.29) is 36.1 Å². The van der Waals surface area contributed by atoms with Gasteiger partial charge < -0.3 is 15.4 Å². The minimum atomic E-state index is -3.28. The van der Waals surface area contributed by atoms with E-state index < -0.39 is 39.1 Å². The van der Waals surface area contributed by atoms with Crippen LogP contribution >= 0.6 is 0 Å². The Morgan fingerprint density at radius 1 is 1.19 bits per heavy atom. The first kappa shape index (κ1) is 25.7. The van der Waals surface area contributed by atoms with E-state index in [1.807, 2.05) is 6.07 Å². The lowest BCUT2D eigenvalue weighted by atomic mass is 9.88. The summed E-state index contributed by atoms with van der Waals surface area (Å²) in [6.07, 6.45) is 2.20. The van der Waals surface area contributed by atoms with Gasteiger partial charge in [0.15, 0.2) is 5.65 Å². The molecular weight excluding hydrogens is 507 g/mol. The Hall–Kier alpha value is -2.99. The van der Waals surface area contributed by atoms with Crippen LogP contribution in [0.5, 0.6) is 5.88 Å². The van der Waals surface area contributed by atoms with Gasteiger partial charge in [-0.05, 0) is 31.7 Å². The van der Waals surface area contributed by atoms with E-state index in [0.717, 1.165) is 11.6 Å². The van der Waals surface area contributed by atoms with E-state index >= 15 is 4.39 Å². The predicted octanol–water partition coefficient (Wildman–Crippen LogP) is 3.95. The molecule has 12 heteroatoms. The third-order valence-electron chi connectivity index (χ3n) is 7.31. The van der Waals surface area contributed by atoms with Crippen LogP contribution in [0.3, 0.4) is 0 Å². The van der Waals surface area contributed by atoms with E-state index in [1.165, 1.54) is 25.6 Å². The molecule has 5 rings (SSSR count). The fourth-order valence-corrected chi connectivity index (χ4v) is 6.44. The summed E-state index contributed by atoms with van der Waals surface area (Å²) >= 11 is 0. The summed E-state index contributed by atoms with van der Waals surface area (Å²) in [6.45, 7) is 1.95. The van der Waals surface area contributed by atoms with E-state index in [9.17, 15) is 17.2 Å². The SMILES string of the molecule is COc1nc2ncnc(N[C@H](C)c3cccc(C(F)(F)C4CNC4)c3F)c2cc1C1CCS(=O)(=O)CC1. The molecule has 0 spiro atoms. The van der Waals surface area contributed by atoms with Gasteiger partial charge in [-0.15, -0.1) is 0 Å². The van der Waals surface area contributed by atoms with Crippen LogP contribution < -0.4 is 15.4 Å². The van der Waals surface area contributed by atoms with Crippen molar-refractivity contribution >= 4 is 26.7 Å². The van der Waals surface area contributed by atoms with E-state index in [1.54, 1.807) is 6.92 Å². The minimum Gasteiger partial charge on any atom is -0.481 e. The van der Waals surface area contributed by atoms with Gasteiger partial charge in [-0.25, -0.2) is 31.6 Å². The van der Waals surface area contributed by atoms with Crippen molar-refractivity contribution in [3.63, 3.8) is 0 Å². The largest absolute Gasteiger partial charge is 0.481 e. The molecule has 1 aromatic carbocycles. The lowest BCUT2D eigenvalue weighted by Crippen LogP contribution is -2.50. The van der Waals surface area contributed by atoms with Crippen LogP contribution in [0.1, 0.15) is 48.4 Å². The van der Waals surface area contributed by atoms with Crippen LogP contribution in [0.4, 0.5) is 19.0 Å². The molecule has 2 N–H and O–H groups in total. The molecule has 2 saturated heterocycles. The van der Waals surface area contributed by atoms with Crippen LogP contribution in [0.2, 0.25) is 0 Å². The van der Waals surface area contributed by atoms with Gasteiger partial charge in [0.05, 0.1) is 41.5 Å². The zero-order valence-corrected chi connectivity index (χ0v) is 21.3. The van der Waals surface area contributed by atoms with Crippen LogP contribution in [-0.4, -0.2) is 55.1 Å².